The van der Waals surface area contributed by atoms with Crippen molar-refractivity contribution in [2.75, 3.05) is 41.7 Å². The lowest BCUT2D eigenvalue weighted by Gasteiger charge is -2.55. The minimum atomic E-state index is -0.975. The summed E-state index contributed by atoms with van der Waals surface area (Å²) in [6.45, 7) is 9.00. The van der Waals surface area contributed by atoms with Crippen LogP contribution in [0.15, 0.2) is 0 Å². The molecule has 158 valence electrons. The molecule has 4 atom stereocenters. The van der Waals surface area contributed by atoms with Crippen molar-refractivity contribution >= 4 is 20.5 Å². The predicted molar refractivity (Wildman–Crippen MR) is 111 cm³/mol. The number of rotatable bonds is 14. The van der Waals surface area contributed by atoms with E-state index in [9.17, 15) is 0 Å². The smallest absolute Gasteiger partial charge is 0.170 e. The second kappa shape index (κ2) is 10.6. The largest absolute Gasteiger partial charge is 0.372 e. The Labute approximate surface area is 165 Å². The average Bonchev–Trinajstić information content (AvgIpc) is 2.67. The second-order valence-corrected chi connectivity index (χ2v) is 9.73. The van der Waals surface area contributed by atoms with Crippen molar-refractivity contribution in [1.82, 2.24) is 0 Å². The Kier molecular flexibility index (Phi) is 10.7. The third-order valence-corrected chi connectivity index (χ3v) is 9.16. The molecular formula is C17H41NO6Si2. The maximum absolute atomic E-state index is 6.79. The lowest BCUT2D eigenvalue weighted by atomic mass is 9.81. The van der Waals surface area contributed by atoms with Gasteiger partial charge in [-0.05, 0) is 26.7 Å². The number of methoxy groups -OCH3 is 4. The first-order chi connectivity index (χ1) is 12.0. The van der Waals surface area contributed by atoms with E-state index in [0.717, 1.165) is 12.8 Å². The van der Waals surface area contributed by atoms with Gasteiger partial charge in [0.15, 0.2) is 10.8 Å². The van der Waals surface area contributed by atoms with Gasteiger partial charge >= 0.3 is 0 Å². The maximum atomic E-state index is 6.79. The van der Waals surface area contributed by atoms with Gasteiger partial charge in [0, 0.05) is 41.7 Å². The van der Waals surface area contributed by atoms with Gasteiger partial charge in [0.1, 0.15) is 11.2 Å². The van der Waals surface area contributed by atoms with Crippen molar-refractivity contribution in [2.45, 2.75) is 68.6 Å². The van der Waals surface area contributed by atoms with E-state index in [2.05, 4.69) is 0 Å². The predicted octanol–water partition coefficient (Wildman–Crippen LogP) is -0.692. The summed E-state index contributed by atoms with van der Waals surface area (Å²) < 4.78 is 35.6. The zero-order chi connectivity index (χ0) is 20.6. The quantitative estimate of drug-likeness (QED) is 0.299. The van der Waals surface area contributed by atoms with Crippen LogP contribution < -0.4 is 5.73 Å². The average molecular weight is 412 g/mol. The Morgan fingerprint density at radius 1 is 0.731 bits per heavy atom. The highest BCUT2D eigenvalue weighted by Gasteiger charge is 2.62. The van der Waals surface area contributed by atoms with E-state index in [-0.39, 0.29) is 0 Å². The summed E-state index contributed by atoms with van der Waals surface area (Å²) >= 11 is 0. The summed E-state index contributed by atoms with van der Waals surface area (Å²) in [4.78, 5) is 0. The van der Waals surface area contributed by atoms with Crippen LogP contribution in [0.5, 0.6) is 0 Å². The highest BCUT2D eigenvalue weighted by Crippen LogP contribution is 2.41. The third kappa shape index (κ3) is 4.76. The molecule has 0 aromatic heterocycles. The van der Waals surface area contributed by atoms with Crippen LogP contribution in [0.3, 0.4) is 0 Å². The van der Waals surface area contributed by atoms with Gasteiger partial charge in [0.2, 0.25) is 0 Å². The van der Waals surface area contributed by atoms with Gasteiger partial charge in [-0.2, -0.15) is 0 Å². The lowest BCUT2D eigenvalue weighted by molar-refractivity contribution is -0.317. The van der Waals surface area contributed by atoms with Crippen LogP contribution in [-0.4, -0.2) is 90.2 Å². The van der Waals surface area contributed by atoms with E-state index in [4.69, 9.17) is 34.2 Å². The van der Waals surface area contributed by atoms with Crippen LogP contribution in [-0.2, 0) is 28.4 Å². The molecule has 0 bridgehead atoms. The van der Waals surface area contributed by atoms with Crippen molar-refractivity contribution in [2.24, 2.45) is 5.73 Å². The van der Waals surface area contributed by atoms with Crippen molar-refractivity contribution < 1.29 is 28.4 Å². The highest BCUT2D eigenvalue weighted by molar-refractivity contribution is 6.15. The van der Waals surface area contributed by atoms with Gasteiger partial charge < -0.3 is 34.2 Å². The minimum Gasteiger partial charge on any atom is -0.372 e. The molecular weight excluding hydrogens is 370 g/mol. The van der Waals surface area contributed by atoms with Crippen molar-refractivity contribution in [1.29, 1.82) is 0 Å². The van der Waals surface area contributed by atoms with Crippen LogP contribution in [0.25, 0.3) is 0 Å². The summed E-state index contributed by atoms with van der Waals surface area (Å²) in [7, 11) is 7.57. The van der Waals surface area contributed by atoms with Gasteiger partial charge in [-0.25, -0.2) is 0 Å². The molecule has 0 spiro atoms. The fourth-order valence-electron chi connectivity index (χ4n) is 3.12. The first-order valence-corrected chi connectivity index (χ1v) is 11.3. The van der Waals surface area contributed by atoms with Crippen molar-refractivity contribution in [3.05, 3.63) is 0 Å². The fourth-order valence-corrected chi connectivity index (χ4v) is 4.56. The number of hydrogen-bond donors (Lipinski definition) is 1. The van der Waals surface area contributed by atoms with Crippen LogP contribution in [0, 0.1) is 0 Å². The molecule has 26 heavy (non-hydrogen) atoms. The molecule has 0 rings (SSSR count). The molecule has 0 saturated heterocycles. The molecule has 0 fully saturated rings. The first-order valence-electron chi connectivity index (χ1n) is 9.26. The number of nitrogens with two attached hydrogens (primary N) is 1. The van der Waals surface area contributed by atoms with Crippen LogP contribution >= 0.6 is 0 Å². The summed E-state index contributed by atoms with van der Waals surface area (Å²) in [5.41, 5.74) is 2.95. The molecule has 0 aromatic rings. The van der Waals surface area contributed by atoms with Crippen LogP contribution in [0.4, 0.5) is 0 Å². The molecule has 2 N–H and O–H groups in total. The van der Waals surface area contributed by atoms with E-state index in [1.165, 1.54) is 0 Å². The highest BCUT2D eigenvalue weighted by atomic mass is 28.2. The maximum Gasteiger partial charge on any atom is 0.170 e. The standard InChI is InChI=1S/C17H41NO6Si2/c1-9-11-23-16(25,21-7)14(3,19-5)13(18)15(4,20-6)17(26,22-8)24-12-10-2/h13H,9-12,18H2,1-8,25-26H3. The van der Waals surface area contributed by atoms with E-state index in [1.54, 1.807) is 28.4 Å². The Morgan fingerprint density at radius 3 is 1.23 bits per heavy atom. The lowest BCUT2D eigenvalue weighted by Crippen LogP contribution is -2.77. The van der Waals surface area contributed by atoms with E-state index < -0.39 is 28.1 Å². The number of hydrogen-bond acceptors (Lipinski definition) is 7. The topological polar surface area (TPSA) is 81.4 Å². The first kappa shape index (κ1) is 26.2. The Hall–Kier alpha value is 0.154. The van der Waals surface area contributed by atoms with Crippen molar-refractivity contribution in [3.63, 3.8) is 0 Å². The summed E-state index contributed by atoms with van der Waals surface area (Å²) in [5, 5.41) is 0. The summed E-state index contributed by atoms with van der Waals surface area (Å²) in [6, 6.07) is -0.645. The van der Waals surface area contributed by atoms with Crippen LogP contribution in [0.1, 0.15) is 40.5 Å². The van der Waals surface area contributed by atoms with Gasteiger partial charge in [0.25, 0.3) is 0 Å². The Morgan fingerprint density at radius 2 is 1.04 bits per heavy atom. The molecule has 0 amide bonds. The molecule has 4 unspecified atom stereocenters. The Balaban J connectivity index is 6.11. The second-order valence-electron chi connectivity index (χ2n) is 7.10. The van der Waals surface area contributed by atoms with Gasteiger partial charge in [-0.1, -0.05) is 13.8 Å². The zero-order valence-corrected chi connectivity index (χ0v) is 22.4. The normalized spacial score (nSPS) is 23.0. The van der Waals surface area contributed by atoms with E-state index in [1.807, 2.05) is 27.7 Å². The molecule has 0 aromatic carbocycles. The zero-order valence-electron chi connectivity index (χ0n) is 18.4. The van der Waals surface area contributed by atoms with E-state index >= 15 is 0 Å². The third-order valence-electron chi connectivity index (χ3n) is 5.78. The van der Waals surface area contributed by atoms with Gasteiger partial charge in [-0.15, -0.1) is 0 Å². The molecule has 0 aliphatic rings. The molecule has 7 nitrogen and oxygen atoms in total. The van der Waals surface area contributed by atoms with Gasteiger partial charge in [-0.3, -0.25) is 0 Å². The molecule has 0 aliphatic carbocycles. The fraction of sp³-hybridized carbons (Fsp3) is 1.00. The summed E-state index contributed by atoms with van der Waals surface area (Å²) in [5.74, 6) is 0. The van der Waals surface area contributed by atoms with Crippen LogP contribution in [0.2, 0.25) is 0 Å². The molecule has 0 saturated carbocycles. The molecule has 0 heterocycles. The number of ether oxygens (including phenoxy) is 6. The SMILES string of the molecule is CCCOC([SiH3])(OC)C(C)(OC)C(N)C(C)(OC)C([SiH3])(OC)OCCC. The monoisotopic (exact) mass is 411 g/mol. The molecule has 9 heteroatoms. The molecule has 0 aliphatic heterocycles. The van der Waals surface area contributed by atoms with Gasteiger partial charge in [0.05, 0.1) is 26.5 Å². The Bertz CT molecular complexity index is 385. The summed E-state index contributed by atoms with van der Waals surface area (Å²) in [6.07, 6.45) is 1.73. The van der Waals surface area contributed by atoms with Crippen molar-refractivity contribution in [3.8, 4) is 0 Å². The van der Waals surface area contributed by atoms with E-state index in [0.29, 0.717) is 33.7 Å². The minimum absolute atomic E-state index is 0.551. The molecule has 0 radical (unpaired) electrons.